The fourth-order valence-electron chi connectivity index (χ4n) is 2.76. The van der Waals surface area contributed by atoms with Crippen LogP contribution in [0.5, 0.6) is 0 Å². The minimum atomic E-state index is -3.66. The van der Waals surface area contributed by atoms with Gasteiger partial charge in [0.15, 0.2) is 0 Å². The van der Waals surface area contributed by atoms with Gasteiger partial charge in [-0.15, -0.1) is 0 Å². The number of carboxylic acid groups (broad SMARTS) is 1. The van der Waals surface area contributed by atoms with Crippen LogP contribution in [0.25, 0.3) is 0 Å². The monoisotopic (exact) mass is 415 g/mol. The zero-order valence-electron chi connectivity index (χ0n) is 15.4. The minimum Gasteiger partial charge on any atom is -0.550 e. The van der Waals surface area contributed by atoms with Crippen molar-refractivity contribution in [3.63, 3.8) is 0 Å². The van der Waals surface area contributed by atoms with Crippen molar-refractivity contribution in [2.24, 2.45) is 17.0 Å². The van der Waals surface area contributed by atoms with Crippen LogP contribution in [0, 0.1) is 11.8 Å². The van der Waals surface area contributed by atoms with E-state index in [0.29, 0.717) is 24.5 Å². The van der Waals surface area contributed by atoms with Gasteiger partial charge >= 0.3 is 0 Å². The molecule has 0 radical (unpaired) electrons. The number of rotatable bonds is 8. The number of piperidine rings is 1. The van der Waals surface area contributed by atoms with E-state index in [2.05, 4.69) is 5.16 Å². The summed E-state index contributed by atoms with van der Waals surface area (Å²) in [6, 6.07) is 7.24. The van der Waals surface area contributed by atoms with Gasteiger partial charge in [0.05, 0.1) is 11.5 Å². The second-order valence-corrected chi connectivity index (χ2v) is 9.35. The molecule has 0 saturated carbocycles. The molecule has 1 unspecified atom stereocenters. The van der Waals surface area contributed by atoms with Gasteiger partial charge in [-0.1, -0.05) is 42.7 Å². The number of halogens is 1. The minimum absolute atomic E-state index is 0.267. The number of carboxylic acids is 1. The molecule has 7 nitrogen and oxygen atoms in total. The molecule has 0 spiro atoms. The van der Waals surface area contributed by atoms with Crippen LogP contribution in [0.1, 0.15) is 32.3 Å². The van der Waals surface area contributed by atoms with Gasteiger partial charge in [0.25, 0.3) is 0 Å². The molecule has 0 amide bonds. The number of benzene rings is 1. The molecular weight excluding hydrogens is 392 g/mol. The summed E-state index contributed by atoms with van der Waals surface area (Å²) < 4.78 is 26.3. The third-order valence-electron chi connectivity index (χ3n) is 4.53. The number of nitrogens with zero attached hydrogens (tertiary/aromatic N) is 2. The van der Waals surface area contributed by atoms with Crippen molar-refractivity contribution in [3.8, 4) is 0 Å². The molecule has 0 bridgehead atoms. The van der Waals surface area contributed by atoms with Gasteiger partial charge in [0.2, 0.25) is 10.0 Å². The van der Waals surface area contributed by atoms with E-state index >= 15 is 0 Å². The molecule has 0 N–H and O–H groups in total. The summed E-state index contributed by atoms with van der Waals surface area (Å²) in [5.74, 6) is -3.10. The van der Waals surface area contributed by atoms with Crippen molar-refractivity contribution >= 4 is 33.3 Å². The second-order valence-electron chi connectivity index (χ2n) is 6.90. The Balaban J connectivity index is 1.86. The molecule has 27 heavy (non-hydrogen) atoms. The maximum absolute atomic E-state index is 12.5. The standard InChI is InChI=1S/C18H25ClN2O5S/c1-13(2)17(18(22)23)12-27(24,25)21-9-7-16(8-10-21)20-26-11-14-3-5-15(19)6-4-14/h3-6,13,17H,7-12H2,1-2H3,(H,22,23)/p-1. The maximum Gasteiger partial charge on any atom is 0.214 e. The van der Waals surface area contributed by atoms with Crippen LogP contribution in [0.2, 0.25) is 5.02 Å². The Morgan fingerprint density at radius 1 is 1.26 bits per heavy atom. The van der Waals surface area contributed by atoms with Crippen LogP contribution in [-0.2, 0) is 26.3 Å². The quantitative estimate of drug-likeness (QED) is 0.601. The van der Waals surface area contributed by atoms with Crippen molar-refractivity contribution in [3.05, 3.63) is 34.9 Å². The number of carbonyl (C=O) groups excluding carboxylic acids is 1. The van der Waals surface area contributed by atoms with Gasteiger partial charge in [-0.3, -0.25) is 0 Å². The van der Waals surface area contributed by atoms with Crippen molar-refractivity contribution < 1.29 is 23.2 Å². The molecule has 1 saturated heterocycles. The Bertz CT molecular complexity index is 767. The normalized spacial score (nSPS) is 17.0. The highest BCUT2D eigenvalue weighted by Gasteiger charge is 2.30. The van der Waals surface area contributed by atoms with E-state index in [0.717, 1.165) is 11.3 Å². The van der Waals surface area contributed by atoms with Gasteiger partial charge in [-0.25, -0.2) is 12.7 Å². The summed E-state index contributed by atoms with van der Waals surface area (Å²) in [6.45, 7) is 4.20. The van der Waals surface area contributed by atoms with E-state index in [1.54, 1.807) is 26.0 Å². The number of carbonyl (C=O) groups is 1. The molecule has 1 aromatic carbocycles. The molecule has 0 aliphatic carbocycles. The van der Waals surface area contributed by atoms with E-state index in [1.165, 1.54) is 4.31 Å². The van der Waals surface area contributed by atoms with Crippen LogP contribution in [0.15, 0.2) is 29.4 Å². The lowest BCUT2D eigenvalue weighted by molar-refractivity contribution is -0.312. The zero-order valence-corrected chi connectivity index (χ0v) is 17.0. The molecule has 2 rings (SSSR count). The Hall–Kier alpha value is -1.64. The third-order valence-corrected chi connectivity index (χ3v) is 6.71. The van der Waals surface area contributed by atoms with Crippen LogP contribution >= 0.6 is 11.6 Å². The largest absolute Gasteiger partial charge is 0.550 e. The van der Waals surface area contributed by atoms with Gasteiger partial charge in [0.1, 0.15) is 6.61 Å². The van der Waals surface area contributed by atoms with Crippen LogP contribution in [0.3, 0.4) is 0 Å². The molecule has 150 valence electrons. The number of oxime groups is 1. The predicted octanol–water partition coefficient (Wildman–Crippen LogP) is 1.66. The lowest BCUT2D eigenvalue weighted by Gasteiger charge is -2.30. The van der Waals surface area contributed by atoms with Crippen molar-refractivity contribution in [2.45, 2.75) is 33.3 Å². The molecular formula is C18H24ClN2O5S-. The fourth-order valence-corrected chi connectivity index (χ4v) is 4.81. The molecule has 1 aliphatic rings. The van der Waals surface area contributed by atoms with Gasteiger partial charge in [0, 0.05) is 42.8 Å². The van der Waals surface area contributed by atoms with Gasteiger partial charge in [-0.2, -0.15) is 0 Å². The van der Waals surface area contributed by atoms with Crippen molar-refractivity contribution in [2.75, 3.05) is 18.8 Å². The summed E-state index contributed by atoms with van der Waals surface area (Å²) in [5.41, 5.74) is 1.72. The molecule has 1 fully saturated rings. The van der Waals surface area contributed by atoms with Gasteiger partial charge in [-0.05, 0) is 23.6 Å². The smallest absolute Gasteiger partial charge is 0.214 e. The average molecular weight is 416 g/mol. The van der Waals surface area contributed by atoms with Crippen LogP contribution < -0.4 is 5.11 Å². The summed E-state index contributed by atoms with van der Waals surface area (Å²) in [6.07, 6.45) is 0.912. The molecule has 1 heterocycles. The van der Waals surface area contributed by atoms with E-state index in [-0.39, 0.29) is 19.0 Å². The van der Waals surface area contributed by atoms with Crippen molar-refractivity contribution in [1.82, 2.24) is 4.31 Å². The van der Waals surface area contributed by atoms with E-state index in [4.69, 9.17) is 16.4 Å². The van der Waals surface area contributed by atoms with Crippen LogP contribution in [-0.4, -0.2) is 43.2 Å². The van der Waals surface area contributed by atoms with Gasteiger partial charge < -0.3 is 14.7 Å². The number of sulfonamides is 1. The van der Waals surface area contributed by atoms with E-state index in [1.807, 2.05) is 12.1 Å². The molecule has 9 heteroatoms. The number of hydrogen-bond donors (Lipinski definition) is 0. The molecule has 0 aromatic heterocycles. The molecule has 1 atom stereocenters. The summed E-state index contributed by atoms with van der Waals surface area (Å²) in [4.78, 5) is 16.5. The first-order chi connectivity index (χ1) is 12.7. The highest BCUT2D eigenvalue weighted by atomic mass is 35.5. The maximum atomic E-state index is 12.5. The van der Waals surface area contributed by atoms with Crippen LogP contribution in [0.4, 0.5) is 0 Å². The fraction of sp³-hybridized carbons (Fsp3) is 0.556. The second kappa shape index (κ2) is 9.52. The highest BCUT2D eigenvalue weighted by Crippen LogP contribution is 2.19. The zero-order chi connectivity index (χ0) is 20.0. The first kappa shape index (κ1) is 21.7. The Labute approximate surface area is 165 Å². The predicted molar refractivity (Wildman–Crippen MR) is 102 cm³/mol. The first-order valence-corrected chi connectivity index (χ1v) is 10.8. The molecule has 1 aliphatic heterocycles. The number of aliphatic carboxylic acids is 1. The summed E-state index contributed by atoms with van der Waals surface area (Å²) >= 11 is 5.83. The lowest BCUT2D eigenvalue weighted by atomic mass is 9.98. The van der Waals surface area contributed by atoms with Crippen molar-refractivity contribution in [1.29, 1.82) is 0 Å². The van der Waals surface area contributed by atoms with E-state index < -0.39 is 27.7 Å². The Kier molecular flexibility index (Phi) is 7.64. The van der Waals surface area contributed by atoms with E-state index in [9.17, 15) is 18.3 Å². The first-order valence-electron chi connectivity index (χ1n) is 8.80. The SMILES string of the molecule is CC(C)C(CS(=O)(=O)N1CCC(=NOCc2ccc(Cl)cc2)CC1)C(=O)[O-]. The lowest BCUT2D eigenvalue weighted by Crippen LogP contribution is -2.45. The third kappa shape index (κ3) is 6.48. The summed E-state index contributed by atoms with van der Waals surface area (Å²) in [7, 11) is -3.66. The average Bonchev–Trinajstić information content (AvgIpc) is 2.61. The Morgan fingerprint density at radius 3 is 2.37 bits per heavy atom. The Morgan fingerprint density at radius 2 is 1.85 bits per heavy atom. The number of hydrogen-bond acceptors (Lipinski definition) is 6. The molecule has 1 aromatic rings. The summed E-state index contributed by atoms with van der Waals surface area (Å²) in [5, 5.41) is 15.9. The highest BCUT2D eigenvalue weighted by molar-refractivity contribution is 7.89. The topological polar surface area (TPSA) is 99.1 Å².